The van der Waals surface area contributed by atoms with Crippen molar-refractivity contribution in [1.82, 2.24) is 10.2 Å². The molecule has 0 saturated carbocycles. The summed E-state index contributed by atoms with van der Waals surface area (Å²) in [7, 11) is 1.85. The minimum atomic E-state index is -0.404. The molecule has 5 rings (SSSR count). The van der Waals surface area contributed by atoms with E-state index in [1.54, 1.807) is 18.2 Å². The number of likely N-dealkylation sites (N-methyl/N-ethyl adjacent to an activating group) is 1. The molecule has 3 N–H and O–H groups in total. The summed E-state index contributed by atoms with van der Waals surface area (Å²) in [6, 6.07) is 20.8. The zero-order valence-electron chi connectivity index (χ0n) is 28.6. The molecule has 256 valence electrons. The van der Waals surface area contributed by atoms with Crippen molar-refractivity contribution in [1.29, 1.82) is 5.26 Å². The monoisotopic (exact) mass is 688 g/mol. The number of carbonyl (C=O) groups excluding carboxylic acids is 3. The summed E-state index contributed by atoms with van der Waals surface area (Å²) in [5.41, 5.74) is 14.4. The number of aldehydes is 1. The summed E-state index contributed by atoms with van der Waals surface area (Å²) in [6.45, 7) is 6.52. The fourth-order valence-electron chi connectivity index (χ4n) is 6.20. The number of nitrogens with one attached hydrogen (secondary N) is 1. The third kappa shape index (κ3) is 8.87. The van der Waals surface area contributed by atoms with E-state index in [-0.39, 0.29) is 17.7 Å². The molecule has 0 spiro atoms. The third-order valence-electron chi connectivity index (χ3n) is 9.50. The summed E-state index contributed by atoms with van der Waals surface area (Å²) < 4.78 is 0. The molecular weight excluding hydrogens is 648 g/mol. The molecule has 50 heavy (non-hydrogen) atoms. The van der Waals surface area contributed by atoms with Gasteiger partial charge in [-0.1, -0.05) is 41.6 Å². The molecule has 0 aromatic heterocycles. The van der Waals surface area contributed by atoms with Crippen LogP contribution in [0.2, 0.25) is 5.02 Å². The number of rotatable bonds is 9. The lowest BCUT2D eigenvalue weighted by molar-refractivity contribution is -0.137. The summed E-state index contributed by atoms with van der Waals surface area (Å²) >= 11 is 6.19. The van der Waals surface area contributed by atoms with Gasteiger partial charge in [0, 0.05) is 60.2 Å². The van der Waals surface area contributed by atoms with Gasteiger partial charge in [-0.2, -0.15) is 5.26 Å². The number of halogens is 1. The van der Waals surface area contributed by atoms with E-state index in [1.165, 1.54) is 0 Å². The first-order valence-corrected chi connectivity index (χ1v) is 17.1. The van der Waals surface area contributed by atoms with Gasteiger partial charge in [-0.25, -0.2) is 0 Å². The number of hydrogen-bond donors (Lipinski definition) is 2. The second-order valence-corrected chi connectivity index (χ2v) is 13.3. The second kappa shape index (κ2) is 16.5. The van der Waals surface area contributed by atoms with E-state index in [0.29, 0.717) is 47.8 Å². The number of imide groups is 1. The number of benzene rings is 3. The van der Waals surface area contributed by atoms with Crippen molar-refractivity contribution in [2.75, 3.05) is 25.0 Å². The SMILES string of the molecule is CC(=NCc1ccc(C#CC2CCN(c3ccc(C=O)c(CN(C)C4CCC(=O)NC4=O)c3)CC2)cc1)/C(C)=C(\N)c1ccc(C#N)c(Cl)c1. The van der Waals surface area contributed by atoms with Crippen LogP contribution in [-0.4, -0.2) is 54.9 Å². The average molecular weight is 689 g/mol. The van der Waals surface area contributed by atoms with Crippen molar-refractivity contribution in [3.05, 3.63) is 105 Å². The van der Waals surface area contributed by atoms with Crippen molar-refractivity contribution in [3.63, 3.8) is 0 Å². The molecule has 0 radical (unpaired) electrons. The van der Waals surface area contributed by atoms with Gasteiger partial charge in [0.25, 0.3) is 0 Å². The van der Waals surface area contributed by atoms with Gasteiger partial charge >= 0.3 is 0 Å². The zero-order valence-corrected chi connectivity index (χ0v) is 29.4. The van der Waals surface area contributed by atoms with Crippen LogP contribution in [0.3, 0.4) is 0 Å². The van der Waals surface area contributed by atoms with Gasteiger partial charge in [0.15, 0.2) is 0 Å². The van der Waals surface area contributed by atoms with E-state index in [2.05, 4.69) is 28.1 Å². The molecule has 1 unspecified atom stereocenters. The number of nitriles is 1. The van der Waals surface area contributed by atoms with Gasteiger partial charge in [0.1, 0.15) is 12.4 Å². The number of nitrogens with zero attached hydrogens (tertiary/aromatic N) is 4. The van der Waals surface area contributed by atoms with Crippen LogP contribution in [0.5, 0.6) is 0 Å². The highest BCUT2D eigenvalue weighted by atomic mass is 35.5. The first kappa shape index (κ1) is 36.1. The molecule has 2 fully saturated rings. The van der Waals surface area contributed by atoms with E-state index < -0.39 is 6.04 Å². The number of anilines is 1. The minimum absolute atomic E-state index is 0.242. The Morgan fingerprint density at radius 1 is 1.08 bits per heavy atom. The maximum atomic E-state index is 12.4. The van der Waals surface area contributed by atoms with Crippen LogP contribution in [0.4, 0.5) is 5.69 Å². The summed E-state index contributed by atoms with van der Waals surface area (Å²) in [5.74, 6) is 6.58. The smallest absolute Gasteiger partial charge is 0.243 e. The lowest BCUT2D eigenvalue weighted by atomic mass is 9.96. The highest BCUT2D eigenvalue weighted by molar-refractivity contribution is 6.32. The summed E-state index contributed by atoms with van der Waals surface area (Å²) in [4.78, 5) is 44.7. The highest BCUT2D eigenvalue weighted by Crippen LogP contribution is 2.27. The predicted octanol–water partition coefficient (Wildman–Crippen LogP) is 5.88. The van der Waals surface area contributed by atoms with Gasteiger partial charge in [0.05, 0.1) is 23.2 Å². The van der Waals surface area contributed by atoms with Crippen LogP contribution in [0.25, 0.3) is 5.70 Å². The second-order valence-electron chi connectivity index (χ2n) is 12.9. The Labute approximate surface area is 298 Å². The minimum Gasteiger partial charge on any atom is -0.398 e. The number of piperidine rings is 2. The van der Waals surface area contributed by atoms with E-state index >= 15 is 0 Å². The molecule has 2 aliphatic rings. The molecule has 2 aliphatic heterocycles. The molecule has 1 atom stereocenters. The maximum absolute atomic E-state index is 12.4. The standard InChI is InChI=1S/C40H41ClN6O3/c1-26(39(43)31-10-11-32(22-42)36(41)21-31)27(2)44-23-30-8-6-28(7-9-30)4-5-29-16-18-47(19-17-29)35-13-12-33(25-48)34(20-35)24-46(3)37-14-15-38(49)45-40(37)50/h6-13,20-21,25,29,37H,14-19,23-24,43H2,1-3H3,(H,45,49,50)/b39-26-,44-27?. The van der Waals surface area contributed by atoms with E-state index in [0.717, 1.165) is 71.4 Å². The van der Waals surface area contributed by atoms with E-state index in [9.17, 15) is 14.4 Å². The van der Waals surface area contributed by atoms with Gasteiger partial charge in [-0.05, 0) is 105 Å². The zero-order chi connectivity index (χ0) is 35.8. The number of amides is 2. The average Bonchev–Trinajstić information content (AvgIpc) is 3.12. The highest BCUT2D eigenvalue weighted by Gasteiger charge is 2.30. The fraction of sp³-hybridized carbons (Fsp3) is 0.325. The third-order valence-corrected chi connectivity index (χ3v) is 9.81. The van der Waals surface area contributed by atoms with Crippen LogP contribution in [0.15, 0.2) is 71.2 Å². The lowest BCUT2D eigenvalue weighted by Gasteiger charge is -2.33. The molecule has 10 heteroatoms. The Morgan fingerprint density at radius 3 is 2.48 bits per heavy atom. The van der Waals surface area contributed by atoms with Crippen LogP contribution in [-0.2, 0) is 22.7 Å². The van der Waals surface area contributed by atoms with Crippen molar-refractivity contribution in [2.45, 2.75) is 58.7 Å². The van der Waals surface area contributed by atoms with Crippen LogP contribution < -0.4 is 16.0 Å². The molecule has 0 aliphatic carbocycles. The number of carbonyl (C=O) groups is 3. The Hall–Kier alpha value is -5.22. The van der Waals surface area contributed by atoms with Gasteiger partial charge in [-0.15, -0.1) is 0 Å². The summed E-state index contributed by atoms with van der Waals surface area (Å²) in [5, 5.41) is 11.9. The van der Waals surface area contributed by atoms with Crippen molar-refractivity contribution < 1.29 is 14.4 Å². The Morgan fingerprint density at radius 2 is 1.82 bits per heavy atom. The number of hydrogen-bond acceptors (Lipinski definition) is 8. The number of nitrogens with two attached hydrogens (primary N) is 1. The molecule has 9 nitrogen and oxygen atoms in total. The normalized spacial score (nSPS) is 17.4. The van der Waals surface area contributed by atoms with E-state index in [1.807, 2.05) is 68.3 Å². The molecule has 3 aromatic rings. The number of allylic oxidation sites excluding steroid dienone is 1. The Balaban J connectivity index is 1.15. The van der Waals surface area contributed by atoms with Crippen molar-refractivity contribution >= 4 is 46.8 Å². The van der Waals surface area contributed by atoms with Crippen LogP contribution >= 0.6 is 11.6 Å². The van der Waals surface area contributed by atoms with Crippen LogP contribution in [0.1, 0.15) is 77.7 Å². The van der Waals surface area contributed by atoms with Gasteiger partial charge in [0.2, 0.25) is 11.8 Å². The van der Waals surface area contributed by atoms with Gasteiger partial charge in [-0.3, -0.25) is 29.6 Å². The summed E-state index contributed by atoms with van der Waals surface area (Å²) in [6.07, 6.45) is 3.51. The molecule has 2 heterocycles. The van der Waals surface area contributed by atoms with Crippen LogP contribution in [0, 0.1) is 29.1 Å². The van der Waals surface area contributed by atoms with Crippen molar-refractivity contribution in [2.24, 2.45) is 16.6 Å². The quantitative estimate of drug-likeness (QED) is 0.124. The van der Waals surface area contributed by atoms with Gasteiger partial charge < -0.3 is 10.6 Å². The largest absolute Gasteiger partial charge is 0.398 e. The Kier molecular flexibility index (Phi) is 11.9. The van der Waals surface area contributed by atoms with E-state index in [4.69, 9.17) is 27.6 Å². The molecule has 3 aromatic carbocycles. The number of aliphatic imine (C=N–C) groups is 1. The lowest BCUT2D eigenvalue weighted by Crippen LogP contribution is -2.51. The fourth-order valence-corrected chi connectivity index (χ4v) is 6.42. The molecular formula is C40H41ClN6O3. The molecule has 0 bridgehead atoms. The van der Waals surface area contributed by atoms with Crippen molar-refractivity contribution in [3.8, 4) is 17.9 Å². The topological polar surface area (TPSA) is 132 Å². The maximum Gasteiger partial charge on any atom is 0.243 e. The first-order chi connectivity index (χ1) is 24.1. The molecule has 2 saturated heterocycles. The Bertz CT molecular complexity index is 1940. The molecule has 2 amide bonds. The first-order valence-electron chi connectivity index (χ1n) is 16.7. The predicted molar refractivity (Wildman–Crippen MR) is 197 cm³/mol.